The highest BCUT2D eigenvalue weighted by molar-refractivity contribution is 8.22. The van der Waals surface area contributed by atoms with Gasteiger partial charge in [0.25, 0.3) is 0 Å². The van der Waals surface area contributed by atoms with Crippen LogP contribution in [-0.2, 0) is 0 Å². The Morgan fingerprint density at radius 2 is 1.88 bits per heavy atom. The molecule has 1 aromatic carbocycles. The quantitative estimate of drug-likeness (QED) is 0.834. The van der Waals surface area contributed by atoms with Crippen LogP contribution in [0.3, 0.4) is 0 Å². The lowest BCUT2D eigenvalue weighted by Gasteiger charge is -2.40. The molecule has 1 atom stereocenters. The third-order valence-electron chi connectivity index (χ3n) is 3.08. The summed E-state index contributed by atoms with van der Waals surface area (Å²) >= 11 is 0. The van der Waals surface area contributed by atoms with Crippen molar-refractivity contribution >= 4 is 10.8 Å². The second-order valence-corrected chi connectivity index (χ2v) is 6.64. The van der Waals surface area contributed by atoms with Gasteiger partial charge in [-0.25, -0.2) is 4.31 Å². The molecule has 3 nitrogen and oxygen atoms in total. The molecular formula is C12H19NO2S. The fraction of sp³-hybridized carbons (Fsp3) is 0.500. The fourth-order valence-corrected chi connectivity index (χ4v) is 3.62. The zero-order valence-corrected chi connectivity index (χ0v) is 10.6. The summed E-state index contributed by atoms with van der Waals surface area (Å²) in [5.41, 5.74) is 1.13. The molecule has 0 aromatic heterocycles. The lowest BCUT2D eigenvalue weighted by atomic mass is 10.2. The normalized spacial score (nSPS) is 23.6. The maximum Gasteiger partial charge on any atom is 0.0752 e. The minimum absolute atomic E-state index is 0.552. The van der Waals surface area contributed by atoms with Crippen LogP contribution in [-0.4, -0.2) is 26.5 Å². The van der Waals surface area contributed by atoms with E-state index >= 15 is 0 Å². The molecule has 0 bridgehead atoms. The van der Waals surface area contributed by atoms with Gasteiger partial charge < -0.3 is 0 Å². The molecule has 1 unspecified atom stereocenters. The third-order valence-corrected chi connectivity index (χ3v) is 5.04. The van der Waals surface area contributed by atoms with Crippen molar-refractivity contribution in [2.75, 3.05) is 13.1 Å². The second-order valence-electron chi connectivity index (χ2n) is 4.61. The van der Waals surface area contributed by atoms with Crippen LogP contribution in [0.25, 0.3) is 0 Å². The largest absolute Gasteiger partial charge is 0.281 e. The Morgan fingerprint density at radius 1 is 1.25 bits per heavy atom. The van der Waals surface area contributed by atoms with E-state index in [0.717, 1.165) is 25.1 Å². The van der Waals surface area contributed by atoms with E-state index in [1.54, 1.807) is 0 Å². The lowest BCUT2D eigenvalue weighted by Crippen LogP contribution is -2.25. The molecule has 16 heavy (non-hydrogen) atoms. The number of hydrogen-bond acceptors (Lipinski definition) is 3. The van der Waals surface area contributed by atoms with Crippen molar-refractivity contribution < 1.29 is 9.11 Å². The number of benzene rings is 1. The zero-order chi connectivity index (χ0) is 11.8. The fourth-order valence-electron chi connectivity index (χ4n) is 2.00. The first-order chi connectivity index (χ1) is 7.50. The lowest BCUT2D eigenvalue weighted by molar-refractivity contribution is 0.380. The molecule has 1 heterocycles. The van der Waals surface area contributed by atoms with Crippen LogP contribution in [0.4, 0.5) is 0 Å². The smallest absolute Gasteiger partial charge is 0.0752 e. The number of aryl methyl sites for hydroxylation is 1. The maximum absolute atomic E-state index is 10.3. The molecule has 0 aliphatic carbocycles. The first-order valence-electron chi connectivity index (χ1n) is 5.60. The van der Waals surface area contributed by atoms with E-state index < -0.39 is 10.8 Å². The van der Waals surface area contributed by atoms with Gasteiger partial charge in [0.15, 0.2) is 0 Å². The van der Waals surface area contributed by atoms with Crippen LogP contribution in [0.5, 0.6) is 0 Å². The number of rotatable bonds is 2. The molecule has 90 valence electrons. The molecule has 0 saturated carbocycles. The Balaban J connectivity index is 2.21. The van der Waals surface area contributed by atoms with E-state index in [0.29, 0.717) is 10.8 Å². The van der Waals surface area contributed by atoms with Crippen LogP contribution in [0.1, 0.15) is 18.9 Å². The Morgan fingerprint density at radius 3 is 2.38 bits per heavy atom. The highest BCUT2D eigenvalue weighted by Gasteiger charge is 2.30. The molecule has 1 aliphatic heterocycles. The van der Waals surface area contributed by atoms with Gasteiger partial charge in [0.2, 0.25) is 0 Å². The average Bonchev–Trinajstić information content (AvgIpc) is 2.66. The van der Waals surface area contributed by atoms with E-state index in [2.05, 4.69) is 6.92 Å². The summed E-state index contributed by atoms with van der Waals surface area (Å²) < 4.78 is 22.3. The third kappa shape index (κ3) is 2.25. The summed E-state index contributed by atoms with van der Waals surface area (Å²) in [5.74, 6) is 0.552. The molecular weight excluding hydrogens is 222 g/mol. The Kier molecular flexibility index (Phi) is 3.26. The minimum Gasteiger partial charge on any atom is -0.281 e. The van der Waals surface area contributed by atoms with Gasteiger partial charge in [-0.05, 0) is 31.4 Å². The minimum atomic E-state index is -2.76. The molecule has 0 radical (unpaired) electrons. The molecule has 4 heteroatoms. The molecule has 2 N–H and O–H groups in total. The van der Waals surface area contributed by atoms with E-state index in [4.69, 9.17) is 0 Å². The first-order valence-corrected chi connectivity index (χ1v) is 7.10. The topological polar surface area (TPSA) is 43.7 Å². The van der Waals surface area contributed by atoms with Gasteiger partial charge in [0, 0.05) is 13.1 Å². The average molecular weight is 241 g/mol. The summed E-state index contributed by atoms with van der Waals surface area (Å²) in [6, 6.07) is 7.47. The molecule has 1 saturated heterocycles. The SMILES string of the molecule is Cc1ccc(S(O)(O)N2CCC(C)C2)cc1. The summed E-state index contributed by atoms with van der Waals surface area (Å²) in [6.07, 6.45) is 1.04. The first kappa shape index (κ1) is 11.9. The van der Waals surface area contributed by atoms with Crippen molar-refractivity contribution in [3.05, 3.63) is 29.8 Å². The van der Waals surface area contributed by atoms with Gasteiger partial charge in [0.05, 0.1) is 4.90 Å². The predicted molar refractivity (Wildman–Crippen MR) is 67.6 cm³/mol. The van der Waals surface area contributed by atoms with Crippen molar-refractivity contribution in [1.82, 2.24) is 4.31 Å². The van der Waals surface area contributed by atoms with Crippen molar-refractivity contribution in [3.8, 4) is 0 Å². The van der Waals surface area contributed by atoms with Gasteiger partial charge in [0.1, 0.15) is 0 Å². The summed E-state index contributed by atoms with van der Waals surface area (Å²) in [5, 5.41) is 0. The van der Waals surface area contributed by atoms with Gasteiger partial charge >= 0.3 is 0 Å². The standard InChI is InChI=1S/C12H19NO2S/c1-10-3-5-12(6-4-10)16(14,15)13-8-7-11(2)9-13/h3-6,11,14-15H,7-9H2,1-2H3. The predicted octanol–water partition coefficient (Wildman–Crippen LogP) is 3.36. The van der Waals surface area contributed by atoms with Crippen LogP contribution in [0, 0.1) is 12.8 Å². The van der Waals surface area contributed by atoms with Gasteiger partial charge in [-0.3, -0.25) is 9.11 Å². The van der Waals surface area contributed by atoms with E-state index in [1.165, 1.54) is 0 Å². The van der Waals surface area contributed by atoms with Crippen molar-refractivity contribution in [3.63, 3.8) is 0 Å². The van der Waals surface area contributed by atoms with Crippen molar-refractivity contribution in [2.24, 2.45) is 5.92 Å². The van der Waals surface area contributed by atoms with E-state index in [9.17, 15) is 9.11 Å². The summed E-state index contributed by atoms with van der Waals surface area (Å²) in [6.45, 7) is 5.69. The zero-order valence-electron chi connectivity index (χ0n) is 9.76. The summed E-state index contributed by atoms with van der Waals surface area (Å²) in [4.78, 5) is 0.632. The molecule has 0 amide bonds. The van der Waals surface area contributed by atoms with Gasteiger partial charge in [-0.15, -0.1) is 10.8 Å². The second kappa shape index (κ2) is 4.37. The summed E-state index contributed by atoms with van der Waals surface area (Å²) in [7, 11) is -2.76. The monoisotopic (exact) mass is 241 g/mol. The van der Waals surface area contributed by atoms with E-state index in [1.807, 2.05) is 35.5 Å². The molecule has 1 fully saturated rings. The number of nitrogens with zero attached hydrogens (tertiary/aromatic N) is 1. The van der Waals surface area contributed by atoms with Gasteiger partial charge in [-0.2, -0.15) is 0 Å². The Hall–Kier alpha value is -0.550. The molecule has 1 aliphatic rings. The molecule has 2 rings (SSSR count). The highest BCUT2D eigenvalue weighted by Crippen LogP contribution is 2.53. The van der Waals surface area contributed by atoms with Crippen molar-refractivity contribution in [2.45, 2.75) is 25.2 Å². The van der Waals surface area contributed by atoms with Crippen LogP contribution in [0.2, 0.25) is 0 Å². The van der Waals surface area contributed by atoms with Crippen LogP contribution < -0.4 is 0 Å². The van der Waals surface area contributed by atoms with Gasteiger partial charge in [-0.1, -0.05) is 24.6 Å². The number of hydrogen-bond donors (Lipinski definition) is 2. The molecule has 0 spiro atoms. The van der Waals surface area contributed by atoms with Crippen LogP contribution >= 0.6 is 10.8 Å². The Labute approximate surface area is 98.6 Å². The highest BCUT2D eigenvalue weighted by atomic mass is 32.3. The molecule has 1 aromatic rings. The maximum atomic E-state index is 10.3. The Bertz CT molecular complexity index is 364. The van der Waals surface area contributed by atoms with Crippen molar-refractivity contribution in [1.29, 1.82) is 0 Å². The van der Waals surface area contributed by atoms with E-state index in [-0.39, 0.29) is 0 Å². The van der Waals surface area contributed by atoms with Crippen LogP contribution in [0.15, 0.2) is 29.2 Å².